The molecular weight excluding hydrogens is 310 g/mol. The van der Waals surface area contributed by atoms with Crippen molar-refractivity contribution < 1.29 is 14.6 Å². The summed E-state index contributed by atoms with van der Waals surface area (Å²) in [6, 6.07) is 6.06. The number of thioether (sulfide) groups is 1. The Kier molecular flexibility index (Phi) is 7.92. The summed E-state index contributed by atoms with van der Waals surface area (Å²) in [5, 5.41) is 10.5. The van der Waals surface area contributed by atoms with Gasteiger partial charge < -0.3 is 15.6 Å². The first-order valence-corrected chi connectivity index (χ1v) is 9.12. The summed E-state index contributed by atoms with van der Waals surface area (Å²) in [6.07, 6.45) is 1.21. The van der Waals surface area contributed by atoms with Crippen molar-refractivity contribution in [2.75, 3.05) is 12.4 Å². The summed E-state index contributed by atoms with van der Waals surface area (Å²) in [4.78, 5) is 11.9. The molecule has 23 heavy (non-hydrogen) atoms. The number of hydrogen-bond acceptors (Lipinski definition) is 4. The average molecular weight is 340 g/mol. The molecule has 0 aliphatic heterocycles. The van der Waals surface area contributed by atoms with E-state index in [1.165, 1.54) is 23.3 Å². The number of carbonyl (C=O) groups is 1. The van der Waals surface area contributed by atoms with Crippen LogP contribution < -0.4 is 5.73 Å². The lowest BCUT2D eigenvalue weighted by atomic mass is 9.82. The van der Waals surface area contributed by atoms with Crippen LogP contribution in [0.4, 0.5) is 4.79 Å². The molecule has 5 heteroatoms. The minimum atomic E-state index is -0.808. The van der Waals surface area contributed by atoms with Crippen molar-refractivity contribution in [3.8, 4) is 0 Å². The molecule has 3 N–H and O–H groups in total. The summed E-state index contributed by atoms with van der Waals surface area (Å²) < 4.78 is 4.74. The van der Waals surface area contributed by atoms with E-state index in [0.29, 0.717) is 6.42 Å². The number of amides is 1. The zero-order valence-corrected chi connectivity index (χ0v) is 15.4. The van der Waals surface area contributed by atoms with E-state index in [2.05, 4.69) is 33.8 Å². The molecule has 1 aromatic carbocycles. The van der Waals surface area contributed by atoms with Crippen LogP contribution in [0, 0.1) is 0 Å². The van der Waals surface area contributed by atoms with E-state index in [4.69, 9.17) is 10.5 Å². The van der Waals surface area contributed by atoms with Crippen molar-refractivity contribution in [1.82, 2.24) is 0 Å². The van der Waals surface area contributed by atoms with Gasteiger partial charge in [-0.25, -0.2) is 4.79 Å². The van der Waals surface area contributed by atoms with Crippen LogP contribution in [0.5, 0.6) is 0 Å². The molecule has 1 amide bonds. The van der Waals surface area contributed by atoms with E-state index < -0.39 is 12.2 Å². The first kappa shape index (κ1) is 19.8. The summed E-state index contributed by atoms with van der Waals surface area (Å²) in [5.74, 6) is 1.07. The van der Waals surface area contributed by atoms with Gasteiger partial charge in [0.1, 0.15) is 0 Å². The maximum absolute atomic E-state index is 10.7. The molecule has 0 aliphatic rings. The van der Waals surface area contributed by atoms with Gasteiger partial charge in [-0.05, 0) is 34.8 Å². The van der Waals surface area contributed by atoms with E-state index in [1.807, 2.05) is 23.9 Å². The first-order valence-electron chi connectivity index (χ1n) is 8.13. The molecule has 1 unspecified atom stereocenters. The second-order valence-corrected chi connectivity index (χ2v) is 7.78. The third kappa shape index (κ3) is 6.43. The second-order valence-electron chi connectivity index (χ2n) is 6.64. The Hall–Kier alpha value is -1.20. The predicted octanol–water partition coefficient (Wildman–Crippen LogP) is 4.40. The number of carbonyl (C=O) groups excluding carboxylic acids is 1. The van der Waals surface area contributed by atoms with Crippen LogP contribution in [0.25, 0.3) is 0 Å². The molecule has 0 radical (unpaired) electrons. The molecule has 0 aliphatic carbocycles. The highest BCUT2D eigenvalue weighted by Crippen LogP contribution is 2.38. The van der Waals surface area contributed by atoms with Crippen LogP contribution in [0.15, 0.2) is 23.1 Å². The Balaban J connectivity index is 3.00. The van der Waals surface area contributed by atoms with Gasteiger partial charge in [0.15, 0.2) is 0 Å². The number of nitrogens with two attached hydrogens (primary N) is 1. The molecule has 4 nitrogen and oxygen atoms in total. The summed E-state index contributed by atoms with van der Waals surface area (Å²) >= 11 is 1.84. The largest absolute Gasteiger partial charge is 0.450 e. The highest BCUT2D eigenvalue weighted by Gasteiger charge is 2.25. The molecule has 1 rings (SSSR count). The molecule has 0 spiro atoms. The maximum atomic E-state index is 10.7. The smallest absolute Gasteiger partial charge is 0.404 e. The average Bonchev–Trinajstić information content (AvgIpc) is 2.45. The van der Waals surface area contributed by atoms with Gasteiger partial charge in [0.05, 0.1) is 12.7 Å². The van der Waals surface area contributed by atoms with Gasteiger partial charge in [0.25, 0.3) is 0 Å². The molecule has 0 saturated heterocycles. The van der Waals surface area contributed by atoms with Gasteiger partial charge in [-0.1, -0.05) is 46.2 Å². The summed E-state index contributed by atoms with van der Waals surface area (Å²) in [7, 11) is 0. The zero-order valence-electron chi connectivity index (χ0n) is 14.6. The number of rotatable bonds is 8. The quantitative estimate of drug-likeness (QED) is 0.544. The van der Waals surface area contributed by atoms with Crippen LogP contribution in [-0.2, 0) is 10.2 Å². The fraction of sp³-hybridized carbons (Fsp3) is 0.611. The van der Waals surface area contributed by atoms with Gasteiger partial charge in [0.2, 0.25) is 0 Å². The molecule has 1 atom stereocenters. The first-order chi connectivity index (χ1) is 10.8. The Bertz CT molecular complexity index is 511. The van der Waals surface area contributed by atoms with Gasteiger partial charge in [-0.2, -0.15) is 0 Å². The monoisotopic (exact) mass is 339 g/mol. The standard InChI is InChI=1S/C18H29NO3S/c1-5-6-12-23-15-9-7-8-13(16(15)18(2,3)4)14(20)10-11-22-17(19)21/h7-9,14,20H,5-6,10-12H2,1-4H3,(H2,19,21). The molecule has 1 aromatic rings. The lowest BCUT2D eigenvalue weighted by Crippen LogP contribution is -2.19. The molecular formula is C18H29NO3S. The fourth-order valence-electron chi connectivity index (χ4n) is 2.50. The lowest BCUT2D eigenvalue weighted by Gasteiger charge is -2.28. The van der Waals surface area contributed by atoms with Gasteiger partial charge in [-0.3, -0.25) is 0 Å². The normalized spacial score (nSPS) is 12.9. The van der Waals surface area contributed by atoms with Gasteiger partial charge >= 0.3 is 6.09 Å². The Morgan fingerprint density at radius 2 is 2.09 bits per heavy atom. The molecule has 130 valence electrons. The number of benzene rings is 1. The molecule has 0 saturated carbocycles. The van der Waals surface area contributed by atoms with E-state index in [9.17, 15) is 9.90 Å². The van der Waals surface area contributed by atoms with Crippen LogP contribution in [0.3, 0.4) is 0 Å². The number of hydrogen-bond donors (Lipinski definition) is 2. The van der Waals surface area contributed by atoms with Gasteiger partial charge in [0, 0.05) is 11.3 Å². The van der Waals surface area contributed by atoms with Crippen molar-refractivity contribution >= 4 is 17.9 Å². The Morgan fingerprint density at radius 3 is 2.65 bits per heavy atom. The summed E-state index contributed by atoms with van der Waals surface area (Å²) in [5.41, 5.74) is 6.97. The number of ether oxygens (including phenoxy) is 1. The lowest BCUT2D eigenvalue weighted by molar-refractivity contribution is 0.110. The van der Waals surface area contributed by atoms with E-state index in [0.717, 1.165) is 11.3 Å². The molecule has 0 fully saturated rings. The highest BCUT2D eigenvalue weighted by molar-refractivity contribution is 7.99. The number of aliphatic hydroxyl groups is 1. The minimum Gasteiger partial charge on any atom is -0.450 e. The van der Waals surface area contributed by atoms with E-state index >= 15 is 0 Å². The third-order valence-electron chi connectivity index (χ3n) is 3.56. The Morgan fingerprint density at radius 1 is 1.39 bits per heavy atom. The predicted molar refractivity (Wildman–Crippen MR) is 95.9 cm³/mol. The van der Waals surface area contributed by atoms with Crippen molar-refractivity contribution in [3.63, 3.8) is 0 Å². The number of primary amides is 1. The third-order valence-corrected chi connectivity index (χ3v) is 4.70. The van der Waals surface area contributed by atoms with Crippen LogP contribution >= 0.6 is 11.8 Å². The van der Waals surface area contributed by atoms with E-state index in [1.54, 1.807) is 0 Å². The molecule has 0 bridgehead atoms. The van der Waals surface area contributed by atoms with Crippen molar-refractivity contribution in [3.05, 3.63) is 29.3 Å². The van der Waals surface area contributed by atoms with Crippen LogP contribution in [-0.4, -0.2) is 23.6 Å². The molecule has 0 heterocycles. The highest BCUT2D eigenvalue weighted by atomic mass is 32.2. The van der Waals surface area contributed by atoms with Crippen molar-refractivity contribution in [2.24, 2.45) is 5.73 Å². The van der Waals surface area contributed by atoms with Crippen LogP contribution in [0.2, 0.25) is 0 Å². The van der Waals surface area contributed by atoms with Crippen molar-refractivity contribution in [1.29, 1.82) is 0 Å². The van der Waals surface area contributed by atoms with Gasteiger partial charge in [-0.15, -0.1) is 11.8 Å². The molecule has 0 aromatic heterocycles. The summed E-state index contributed by atoms with van der Waals surface area (Å²) in [6.45, 7) is 8.77. The van der Waals surface area contributed by atoms with E-state index in [-0.39, 0.29) is 12.0 Å². The Labute approximate surface area is 143 Å². The second kappa shape index (κ2) is 9.18. The zero-order chi connectivity index (χ0) is 17.5. The SMILES string of the molecule is CCCCSc1cccc(C(O)CCOC(N)=O)c1C(C)(C)C. The minimum absolute atomic E-state index is 0.0728. The maximum Gasteiger partial charge on any atom is 0.404 e. The topological polar surface area (TPSA) is 72.6 Å². The number of aliphatic hydroxyl groups excluding tert-OH is 1. The van der Waals surface area contributed by atoms with Crippen LogP contribution in [0.1, 0.15) is 64.2 Å². The van der Waals surface area contributed by atoms with Crippen molar-refractivity contribution in [2.45, 2.75) is 63.4 Å². The fourth-order valence-corrected chi connectivity index (χ4v) is 3.90. The number of unbranched alkanes of at least 4 members (excludes halogenated alkanes) is 1.